The minimum Gasteiger partial charge on any atom is -0.356 e. The summed E-state index contributed by atoms with van der Waals surface area (Å²) in [6.45, 7) is 0.338. The first-order valence-corrected chi connectivity index (χ1v) is 8.66. The van der Waals surface area contributed by atoms with E-state index >= 15 is 0 Å². The average Bonchev–Trinajstić information content (AvgIpc) is 2.61. The molecule has 134 valence electrons. The van der Waals surface area contributed by atoms with Gasteiger partial charge in [-0.3, -0.25) is 0 Å². The fraction of sp³-hybridized carbons (Fsp3) is 0.263. The van der Waals surface area contributed by atoms with Gasteiger partial charge in [0.15, 0.2) is 5.82 Å². The van der Waals surface area contributed by atoms with Crippen LogP contribution in [0.2, 0.25) is 5.02 Å². The van der Waals surface area contributed by atoms with E-state index in [1.54, 1.807) is 41.3 Å². The average molecular weight is 378 g/mol. The van der Waals surface area contributed by atoms with Gasteiger partial charge in [0, 0.05) is 36.3 Å². The topological polar surface area (TPSA) is 29.0 Å². The molecule has 0 bridgehead atoms. The minimum atomic E-state index is -2.66. The van der Waals surface area contributed by atoms with Gasteiger partial charge in [0.1, 0.15) is 11.6 Å². The van der Waals surface area contributed by atoms with Gasteiger partial charge in [-0.2, -0.15) is 0 Å². The van der Waals surface area contributed by atoms with E-state index in [-0.39, 0.29) is 37.3 Å². The van der Waals surface area contributed by atoms with Gasteiger partial charge in [-0.15, -0.1) is 0 Å². The molecule has 0 spiro atoms. The first-order valence-electron chi connectivity index (χ1n) is 8.28. The number of aromatic nitrogens is 2. The van der Waals surface area contributed by atoms with E-state index in [4.69, 9.17) is 11.6 Å². The van der Waals surface area contributed by atoms with Gasteiger partial charge in [-0.1, -0.05) is 23.7 Å². The highest BCUT2D eigenvalue weighted by Gasteiger charge is 2.35. The molecule has 2 aromatic carbocycles. The maximum atomic E-state index is 14.2. The molecular formula is C19H15ClF3N3. The van der Waals surface area contributed by atoms with E-state index in [9.17, 15) is 13.2 Å². The van der Waals surface area contributed by atoms with Crippen LogP contribution in [-0.4, -0.2) is 29.0 Å². The lowest BCUT2D eigenvalue weighted by atomic mass is 10.1. The molecule has 0 radical (unpaired) electrons. The van der Waals surface area contributed by atoms with Crippen LogP contribution in [0.1, 0.15) is 12.8 Å². The van der Waals surface area contributed by atoms with Crippen molar-refractivity contribution >= 4 is 28.3 Å². The molecule has 0 amide bonds. The second-order valence-electron chi connectivity index (χ2n) is 6.36. The summed E-state index contributed by atoms with van der Waals surface area (Å²) in [7, 11) is 0. The van der Waals surface area contributed by atoms with Crippen LogP contribution in [0.3, 0.4) is 0 Å². The number of rotatable bonds is 2. The Labute approximate surface area is 153 Å². The van der Waals surface area contributed by atoms with Crippen LogP contribution >= 0.6 is 11.6 Å². The van der Waals surface area contributed by atoms with Crippen LogP contribution < -0.4 is 4.90 Å². The lowest BCUT2D eigenvalue weighted by molar-refractivity contribution is -0.0221. The molecule has 4 rings (SSSR count). The fourth-order valence-corrected chi connectivity index (χ4v) is 3.31. The molecule has 2 heterocycles. The molecule has 1 fully saturated rings. The summed E-state index contributed by atoms with van der Waals surface area (Å²) in [6.07, 6.45) is -0.484. The zero-order valence-corrected chi connectivity index (χ0v) is 14.5. The lowest BCUT2D eigenvalue weighted by Crippen LogP contribution is -2.40. The zero-order valence-electron chi connectivity index (χ0n) is 13.7. The number of benzene rings is 2. The van der Waals surface area contributed by atoms with Gasteiger partial charge in [0.25, 0.3) is 5.92 Å². The maximum absolute atomic E-state index is 14.2. The highest BCUT2D eigenvalue weighted by molar-refractivity contribution is 6.31. The Bertz CT molecular complexity index is 967. The third-order valence-electron chi connectivity index (χ3n) is 4.55. The highest BCUT2D eigenvalue weighted by Crippen LogP contribution is 2.35. The van der Waals surface area contributed by atoms with Crippen molar-refractivity contribution in [3.8, 4) is 11.4 Å². The predicted molar refractivity (Wildman–Crippen MR) is 96.3 cm³/mol. The van der Waals surface area contributed by atoms with E-state index in [2.05, 4.69) is 9.97 Å². The van der Waals surface area contributed by atoms with Crippen molar-refractivity contribution in [2.24, 2.45) is 0 Å². The number of hydrogen-bond acceptors (Lipinski definition) is 3. The van der Waals surface area contributed by atoms with Gasteiger partial charge in [0.2, 0.25) is 0 Å². The van der Waals surface area contributed by atoms with Gasteiger partial charge < -0.3 is 4.90 Å². The van der Waals surface area contributed by atoms with Crippen LogP contribution in [0.15, 0.2) is 42.5 Å². The summed E-state index contributed by atoms with van der Waals surface area (Å²) in [5.41, 5.74) is 0.864. The molecule has 1 aliphatic heterocycles. The molecule has 0 saturated carbocycles. The summed E-state index contributed by atoms with van der Waals surface area (Å²) >= 11 is 6.10. The second-order valence-corrected chi connectivity index (χ2v) is 6.79. The smallest absolute Gasteiger partial charge is 0.251 e. The second kappa shape index (κ2) is 6.43. The SMILES string of the molecule is Fc1ccccc1-c1nc(N2CCC(F)(F)CC2)c2cc(Cl)ccc2n1. The van der Waals surface area contributed by atoms with Crippen molar-refractivity contribution < 1.29 is 13.2 Å². The zero-order chi connectivity index (χ0) is 18.3. The molecule has 26 heavy (non-hydrogen) atoms. The van der Waals surface area contributed by atoms with Gasteiger partial charge >= 0.3 is 0 Å². The van der Waals surface area contributed by atoms with Crippen molar-refractivity contribution in [2.75, 3.05) is 18.0 Å². The van der Waals surface area contributed by atoms with Crippen molar-refractivity contribution in [3.63, 3.8) is 0 Å². The molecule has 1 saturated heterocycles. The monoisotopic (exact) mass is 377 g/mol. The third-order valence-corrected chi connectivity index (χ3v) is 4.78. The molecule has 3 nitrogen and oxygen atoms in total. The fourth-order valence-electron chi connectivity index (χ4n) is 3.13. The van der Waals surface area contributed by atoms with E-state index < -0.39 is 11.7 Å². The summed E-state index contributed by atoms with van der Waals surface area (Å²) < 4.78 is 41.3. The molecule has 1 aromatic heterocycles. The number of hydrogen-bond donors (Lipinski definition) is 0. The van der Waals surface area contributed by atoms with Crippen LogP contribution in [0.4, 0.5) is 19.0 Å². The van der Waals surface area contributed by atoms with Crippen LogP contribution in [0.5, 0.6) is 0 Å². The first-order chi connectivity index (χ1) is 12.4. The van der Waals surface area contributed by atoms with Crippen molar-refractivity contribution in [1.29, 1.82) is 0 Å². The summed E-state index contributed by atoms with van der Waals surface area (Å²) in [4.78, 5) is 10.8. The van der Waals surface area contributed by atoms with E-state index in [1.165, 1.54) is 6.07 Å². The molecular weight excluding hydrogens is 363 g/mol. The Morgan fingerprint density at radius 1 is 1.00 bits per heavy atom. The third kappa shape index (κ3) is 3.21. The van der Waals surface area contributed by atoms with E-state index in [0.29, 0.717) is 21.7 Å². The summed E-state index contributed by atoms with van der Waals surface area (Å²) in [5, 5.41) is 1.17. The van der Waals surface area contributed by atoms with Crippen molar-refractivity contribution in [3.05, 3.63) is 53.3 Å². The molecule has 0 N–H and O–H groups in total. The van der Waals surface area contributed by atoms with Crippen molar-refractivity contribution in [2.45, 2.75) is 18.8 Å². The first kappa shape index (κ1) is 17.1. The molecule has 0 atom stereocenters. The Kier molecular flexibility index (Phi) is 4.23. The van der Waals surface area contributed by atoms with Gasteiger partial charge in [-0.05, 0) is 30.3 Å². The number of halogens is 4. The quantitative estimate of drug-likeness (QED) is 0.604. The Hall–Kier alpha value is -2.34. The largest absolute Gasteiger partial charge is 0.356 e. The molecule has 0 aliphatic carbocycles. The molecule has 0 unspecified atom stereocenters. The highest BCUT2D eigenvalue weighted by atomic mass is 35.5. The Morgan fingerprint density at radius 3 is 2.46 bits per heavy atom. The van der Waals surface area contributed by atoms with Gasteiger partial charge in [-0.25, -0.2) is 23.1 Å². The molecule has 3 aromatic rings. The maximum Gasteiger partial charge on any atom is 0.251 e. The van der Waals surface area contributed by atoms with Crippen molar-refractivity contribution in [1.82, 2.24) is 9.97 Å². The van der Waals surface area contributed by atoms with Crippen LogP contribution in [-0.2, 0) is 0 Å². The number of piperidine rings is 1. The number of fused-ring (bicyclic) bond motifs is 1. The Balaban J connectivity index is 1.87. The molecule has 7 heteroatoms. The standard InChI is InChI=1S/C19H15ClF3N3/c20-12-5-6-16-14(11-12)18(26-9-7-19(22,23)8-10-26)25-17(24-16)13-3-1-2-4-15(13)21/h1-6,11H,7-10H2. The lowest BCUT2D eigenvalue weighted by Gasteiger charge is -2.33. The number of nitrogens with zero attached hydrogens (tertiary/aromatic N) is 3. The Morgan fingerprint density at radius 2 is 1.73 bits per heavy atom. The minimum absolute atomic E-state index is 0.169. The van der Waals surface area contributed by atoms with Crippen LogP contribution in [0.25, 0.3) is 22.3 Å². The van der Waals surface area contributed by atoms with E-state index in [1.807, 2.05) is 0 Å². The predicted octanol–water partition coefficient (Wildman–Crippen LogP) is 5.32. The summed E-state index contributed by atoms with van der Waals surface area (Å²) in [6, 6.07) is 11.4. The number of anilines is 1. The summed E-state index contributed by atoms with van der Waals surface area (Å²) in [5.74, 6) is -2.36. The molecule has 1 aliphatic rings. The number of alkyl halides is 2. The van der Waals surface area contributed by atoms with E-state index in [0.717, 1.165) is 0 Å². The van der Waals surface area contributed by atoms with Crippen LogP contribution in [0, 0.1) is 5.82 Å². The normalized spacial score (nSPS) is 16.8. The van der Waals surface area contributed by atoms with Gasteiger partial charge in [0.05, 0.1) is 11.1 Å².